The molecule has 1 saturated carbocycles. The molecule has 0 bridgehead atoms. The molecule has 21 heavy (non-hydrogen) atoms. The number of halogens is 1. The van der Waals surface area contributed by atoms with Crippen LogP contribution in [0.2, 0.25) is 0 Å². The van der Waals surface area contributed by atoms with Gasteiger partial charge in [0.25, 0.3) is 5.91 Å². The maximum absolute atomic E-state index is 13.9. The van der Waals surface area contributed by atoms with Crippen LogP contribution in [0, 0.1) is 5.82 Å². The molecule has 1 spiro atoms. The van der Waals surface area contributed by atoms with Crippen LogP contribution in [0.4, 0.5) is 4.39 Å². The van der Waals surface area contributed by atoms with Gasteiger partial charge in [0, 0.05) is 17.6 Å². The smallest absolute Gasteiger partial charge is 0.254 e. The molecule has 4 nitrogen and oxygen atoms in total. The van der Waals surface area contributed by atoms with E-state index in [0.29, 0.717) is 5.75 Å². The van der Waals surface area contributed by atoms with Crippen molar-refractivity contribution < 1.29 is 13.9 Å². The van der Waals surface area contributed by atoms with E-state index in [1.165, 1.54) is 38.5 Å². The number of rotatable bonds is 3. The molecule has 0 radical (unpaired) electrons. The fraction of sp³-hybridized carbons (Fsp3) is 0.562. The summed E-state index contributed by atoms with van der Waals surface area (Å²) in [5, 5.41) is 6.54. The largest absolute Gasteiger partial charge is 0.497 e. The molecule has 1 aliphatic carbocycles. The summed E-state index contributed by atoms with van der Waals surface area (Å²) in [5.41, 5.74) is 0.297. The fourth-order valence-electron chi connectivity index (χ4n) is 3.34. The van der Waals surface area contributed by atoms with Crippen LogP contribution in [0.25, 0.3) is 0 Å². The quantitative estimate of drug-likeness (QED) is 0.898. The summed E-state index contributed by atoms with van der Waals surface area (Å²) in [6.07, 6.45) is 5.44. The topological polar surface area (TPSA) is 50.4 Å². The highest BCUT2D eigenvalue weighted by molar-refractivity contribution is 5.94. The number of amides is 1. The third-order valence-corrected chi connectivity index (χ3v) is 4.70. The molecule has 2 N–H and O–H groups in total. The number of nitrogens with one attached hydrogen (secondary N) is 2. The van der Waals surface area contributed by atoms with E-state index in [0.717, 1.165) is 19.4 Å². The van der Waals surface area contributed by atoms with Crippen molar-refractivity contribution >= 4 is 5.91 Å². The predicted octanol–water partition coefficient (Wildman–Crippen LogP) is 2.24. The highest BCUT2D eigenvalue weighted by Gasteiger charge is 2.41. The fourth-order valence-corrected chi connectivity index (χ4v) is 3.34. The van der Waals surface area contributed by atoms with Crippen molar-refractivity contribution in [1.29, 1.82) is 0 Å². The lowest BCUT2D eigenvalue weighted by Crippen LogP contribution is -2.59. The van der Waals surface area contributed by atoms with Gasteiger partial charge in [-0.2, -0.15) is 0 Å². The summed E-state index contributed by atoms with van der Waals surface area (Å²) in [6, 6.07) is 4.45. The van der Waals surface area contributed by atoms with Crippen LogP contribution in [-0.2, 0) is 0 Å². The molecule has 0 aromatic heterocycles. The van der Waals surface area contributed by atoms with Crippen molar-refractivity contribution in [3.05, 3.63) is 29.6 Å². The maximum Gasteiger partial charge on any atom is 0.254 e. The monoisotopic (exact) mass is 292 g/mol. The molecule has 3 rings (SSSR count). The summed E-state index contributed by atoms with van der Waals surface area (Å²) < 4.78 is 18.9. The van der Waals surface area contributed by atoms with Crippen LogP contribution >= 0.6 is 0 Å². The molecule has 1 amide bonds. The molecular weight excluding hydrogens is 271 g/mol. The normalized spacial score (nSPS) is 23.4. The van der Waals surface area contributed by atoms with Gasteiger partial charge in [-0.15, -0.1) is 0 Å². The average Bonchev–Trinajstić information content (AvgIpc) is 2.45. The van der Waals surface area contributed by atoms with Gasteiger partial charge < -0.3 is 15.4 Å². The predicted molar refractivity (Wildman–Crippen MR) is 78.0 cm³/mol. The lowest BCUT2D eigenvalue weighted by Gasteiger charge is -2.48. The molecule has 1 heterocycles. The van der Waals surface area contributed by atoms with Gasteiger partial charge >= 0.3 is 0 Å². The summed E-state index contributed by atoms with van der Waals surface area (Å²) in [5.74, 6) is -0.463. The van der Waals surface area contributed by atoms with Crippen LogP contribution in [-0.4, -0.2) is 31.1 Å². The zero-order chi connectivity index (χ0) is 14.9. The molecule has 114 valence electrons. The highest BCUT2D eigenvalue weighted by Crippen LogP contribution is 2.38. The van der Waals surface area contributed by atoms with Gasteiger partial charge in [0.15, 0.2) is 0 Å². The van der Waals surface area contributed by atoms with Gasteiger partial charge in [0.05, 0.1) is 12.7 Å². The van der Waals surface area contributed by atoms with E-state index in [2.05, 4.69) is 10.6 Å². The second-order valence-electron chi connectivity index (χ2n) is 6.07. The highest BCUT2D eigenvalue weighted by atomic mass is 19.1. The zero-order valence-corrected chi connectivity index (χ0v) is 12.2. The first kappa shape index (κ1) is 14.3. The molecule has 1 aliphatic heterocycles. The molecular formula is C16H21FN2O2. The van der Waals surface area contributed by atoms with Gasteiger partial charge in [0.2, 0.25) is 0 Å². The molecule has 2 aliphatic rings. The molecule has 1 aromatic rings. The van der Waals surface area contributed by atoms with Gasteiger partial charge in [-0.05, 0) is 50.8 Å². The lowest BCUT2D eigenvalue weighted by atomic mass is 9.70. The van der Waals surface area contributed by atoms with E-state index in [9.17, 15) is 9.18 Å². The number of methoxy groups -OCH3 is 1. The molecule has 2 fully saturated rings. The average molecular weight is 292 g/mol. The first-order valence-electron chi connectivity index (χ1n) is 7.51. The number of piperidine rings is 1. The number of hydrogen-bond donors (Lipinski definition) is 2. The molecule has 1 aromatic carbocycles. The Kier molecular flexibility index (Phi) is 3.85. The minimum absolute atomic E-state index is 0.0805. The van der Waals surface area contributed by atoms with E-state index in [1.54, 1.807) is 6.07 Å². The van der Waals surface area contributed by atoms with Crippen molar-refractivity contribution in [3.8, 4) is 5.75 Å². The summed E-state index contributed by atoms with van der Waals surface area (Å²) in [7, 11) is 1.47. The summed E-state index contributed by atoms with van der Waals surface area (Å²) in [6.45, 7) is 0.913. The van der Waals surface area contributed by atoms with E-state index in [4.69, 9.17) is 4.74 Å². The Morgan fingerprint density at radius 1 is 1.48 bits per heavy atom. The van der Waals surface area contributed by atoms with Crippen molar-refractivity contribution in [2.24, 2.45) is 0 Å². The lowest BCUT2D eigenvalue weighted by molar-refractivity contribution is 0.0849. The second-order valence-corrected chi connectivity index (χ2v) is 6.07. The standard InChI is InChI=1S/C16H21FN2O2/c1-21-12-3-4-13(14(17)9-12)15(20)19-11-5-8-18-16(10-11)6-2-7-16/h3-4,9,11,18H,2,5-8,10H2,1H3,(H,19,20). The first-order valence-corrected chi connectivity index (χ1v) is 7.51. The van der Waals surface area contributed by atoms with Crippen molar-refractivity contribution in [2.45, 2.75) is 43.7 Å². The van der Waals surface area contributed by atoms with Gasteiger partial charge in [0.1, 0.15) is 11.6 Å². The summed E-state index contributed by atoms with van der Waals surface area (Å²) in [4.78, 5) is 12.2. The Bertz CT molecular complexity index is 543. The zero-order valence-electron chi connectivity index (χ0n) is 12.2. The van der Waals surface area contributed by atoms with Crippen LogP contribution < -0.4 is 15.4 Å². The maximum atomic E-state index is 13.9. The number of carbonyl (C=O) groups is 1. The number of hydrogen-bond acceptors (Lipinski definition) is 3. The van der Waals surface area contributed by atoms with Crippen LogP contribution in [0.15, 0.2) is 18.2 Å². The van der Waals surface area contributed by atoms with Crippen molar-refractivity contribution in [1.82, 2.24) is 10.6 Å². The van der Waals surface area contributed by atoms with Crippen molar-refractivity contribution in [3.63, 3.8) is 0 Å². The minimum atomic E-state index is -0.542. The van der Waals surface area contributed by atoms with Crippen LogP contribution in [0.1, 0.15) is 42.5 Å². The summed E-state index contributed by atoms with van der Waals surface area (Å²) >= 11 is 0. The molecule has 1 saturated heterocycles. The third-order valence-electron chi connectivity index (χ3n) is 4.70. The van der Waals surface area contributed by atoms with E-state index in [-0.39, 0.29) is 23.1 Å². The SMILES string of the molecule is COc1ccc(C(=O)NC2CCNC3(CCC3)C2)c(F)c1. The molecule has 1 unspecified atom stereocenters. The third kappa shape index (κ3) is 2.88. The number of ether oxygens (including phenoxy) is 1. The Labute approximate surface area is 124 Å². The van der Waals surface area contributed by atoms with E-state index in [1.807, 2.05) is 0 Å². The first-order chi connectivity index (χ1) is 10.1. The Morgan fingerprint density at radius 3 is 2.90 bits per heavy atom. The van der Waals surface area contributed by atoms with E-state index >= 15 is 0 Å². The second kappa shape index (κ2) is 5.64. The minimum Gasteiger partial charge on any atom is -0.497 e. The number of carbonyl (C=O) groups excluding carboxylic acids is 1. The van der Waals surface area contributed by atoms with Gasteiger partial charge in [-0.1, -0.05) is 0 Å². The van der Waals surface area contributed by atoms with Crippen LogP contribution in [0.3, 0.4) is 0 Å². The van der Waals surface area contributed by atoms with Crippen LogP contribution in [0.5, 0.6) is 5.75 Å². The molecule has 5 heteroatoms. The van der Waals surface area contributed by atoms with Gasteiger partial charge in [-0.3, -0.25) is 4.79 Å². The Morgan fingerprint density at radius 2 is 2.29 bits per heavy atom. The number of benzene rings is 1. The molecule has 1 atom stereocenters. The van der Waals surface area contributed by atoms with Gasteiger partial charge in [-0.25, -0.2) is 4.39 Å². The van der Waals surface area contributed by atoms with E-state index < -0.39 is 5.82 Å². The Balaban J connectivity index is 1.65. The Hall–Kier alpha value is -1.62. The van der Waals surface area contributed by atoms with Crippen molar-refractivity contribution in [2.75, 3.05) is 13.7 Å².